The van der Waals surface area contributed by atoms with E-state index in [1.807, 2.05) is 13.8 Å². The minimum atomic E-state index is -0.295. The minimum Gasteiger partial charge on any atom is -0.462 e. The van der Waals surface area contributed by atoms with Crippen molar-refractivity contribution in [3.63, 3.8) is 0 Å². The zero-order chi connectivity index (χ0) is 14.5. The third-order valence-electron chi connectivity index (χ3n) is 5.96. The van der Waals surface area contributed by atoms with E-state index < -0.39 is 0 Å². The summed E-state index contributed by atoms with van der Waals surface area (Å²) in [4.78, 5) is 12.0. The lowest BCUT2D eigenvalue weighted by atomic mass is 9.70. The Bertz CT molecular complexity index is 369. The van der Waals surface area contributed by atoms with Gasteiger partial charge in [-0.05, 0) is 50.9 Å². The first-order valence-corrected chi connectivity index (χ1v) is 7.55. The molecule has 2 fully saturated rings. The number of esters is 1. The molecule has 2 N–H and O–H groups in total. The fourth-order valence-electron chi connectivity index (χ4n) is 3.95. The van der Waals surface area contributed by atoms with E-state index in [0.29, 0.717) is 24.2 Å². The predicted octanol–water partition coefficient (Wildman–Crippen LogP) is 3.26. The van der Waals surface area contributed by atoms with Crippen molar-refractivity contribution < 1.29 is 9.53 Å². The van der Waals surface area contributed by atoms with Gasteiger partial charge in [0.25, 0.3) is 0 Å². The maximum atomic E-state index is 12.0. The number of hydrogen-bond acceptors (Lipinski definition) is 3. The summed E-state index contributed by atoms with van der Waals surface area (Å²) >= 11 is 0. The standard InChI is InChI=1S/C16H29NO2/c1-14(2,17)8-7-13(18)19-12-10-11-6-9-16(12,5)15(11,3)4/h11-12H,6-10,17H2,1-5H3. The van der Waals surface area contributed by atoms with Crippen LogP contribution in [0.2, 0.25) is 0 Å². The number of carbonyl (C=O) groups excluding carboxylic acids is 1. The van der Waals surface area contributed by atoms with Gasteiger partial charge in [0.2, 0.25) is 0 Å². The molecule has 3 nitrogen and oxygen atoms in total. The van der Waals surface area contributed by atoms with Gasteiger partial charge >= 0.3 is 5.97 Å². The maximum absolute atomic E-state index is 12.0. The molecule has 0 heterocycles. The van der Waals surface area contributed by atoms with Gasteiger partial charge in [0, 0.05) is 17.4 Å². The molecule has 19 heavy (non-hydrogen) atoms. The van der Waals surface area contributed by atoms with E-state index in [1.54, 1.807) is 0 Å². The number of carbonyl (C=O) groups is 1. The molecule has 2 aliphatic carbocycles. The van der Waals surface area contributed by atoms with Crippen LogP contribution in [0.4, 0.5) is 0 Å². The van der Waals surface area contributed by atoms with Crippen LogP contribution in [0.3, 0.4) is 0 Å². The molecule has 3 atom stereocenters. The molecule has 0 saturated heterocycles. The third kappa shape index (κ3) is 2.54. The van der Waals surface area contributed by atoms with Crippen molar-refractivity contribution in [2.45, 2.75) is 78.4 Å². The smallest absolute Gasteiger partial charge is 0.306 e. The maximum Gasteiger partial charge on any atom is 0.306 e. The number of ether oxygens (including phenoxy) is 1. The van der Waals surface area contributed by atoms with Crippen LogP contribution in [0.1, 0.15) is 66.7 Å². The Morgan fingerprint density at radius 3 is 2.42 bits per heavy atom. The van der Waals surface area contributed by atoms with Gasteiger partial charge < -0.3 is 10.5 Å². The molecular formula is C16H29NO2. The highest BCUT2D eigenvalue weighted by atomic mass is 16.5. The van der Waals surface area contributed by atoms with Gasteiger partial charge in [0.05, 0.1) is 0 Å². The molecular weight excluding hydrogens is 238 g/mol. The lowest BCUT2D eigenvalue weighted by Crippen LogP contribution is -2.39. The van der Waals surface area contributed by atoms with Gasteiger partial charge in [-0.2, -0.15) is 0 Å². The topological polar surface area (TPSA) is 52.3 Å². The molecule has 0 aromatic heterocycles. The lowest BCUT2D eigenvalue weighted by Gasteiger charge is -2.38. The third-order valence-corrected chi connectivity index (χ3v) is 5.96. The molecule has 2 rings (SSSR count). The van der Waals surface area contributed by atoms with Gasteiger partial charge in [0.15, 0.2) is 0 Å². The Morgan fingerprint density at radius 1 is 1.37 bits per heavy atom. The summed E-state index contributed by atoms with van der Waals surface area (Å²) in [6.45, 7) is 10.9. The average molecular weight is 267 g/mol. The summed E-state index contributed by atoms with van der Waals surface area (Å²) in [6, 6.07) is 0. The molecule has 2 bridgehead atoms. The van der Waals surface area contributed by atoms with Gasteiger partial charge in [-0.25, -0.2) is 0 Å². The molecule has 0 spiro atoms. The first-order chi connectivity index (χ1) is 8.56. The van der Waals surface area contributed by atoms with Crippen molar-refractivity contribution in [2.75, 3.05) is 0 Å². The summed E-state index contributed by atoms with van der Waals surface area (Å²) in [7, 11) is 0. The van der Waals surface area contributed by atoms with Crippen molar-refractivity contribution in [3.05, 3.63) is 0 Å². The SMILES string of the molecule is CC(C)(N)CCC(=O)OC1CC2CCC1(C)C2(C)C. The highest BCUT2D eigenvalue weighted by Crippen LogP contribution is 2.66. The van der Waals surface area contributed by atoms with E-state index in [9.17, 15) is 4.79 Å². The number of hydrogen-bond donors (Lipinski definition) is 1. The highest BCUT2D eigenvalue weighted by Gasteiger charge is 2.62. The summed E-state index contributed by atoms with van der Waals surface area (Å²) in [5, 5.41) is 0. The summed E-state index contributed by atoms with van der Waals surface area (Å²) < 4.78 is 5.78. The van der Waals surface area contributed by atoms with Crippen molar-refractivity contribution in [2.24, 2.45) is 22.5 Å². The van der Waals surface area contributed by atoms with Crippen LogP contribution in [0, 0.1) is 16.7 Å². The Kier molecular flexibility index (Phi) is 3.49. The predicted molar refractivity (Wildman–Crippen MR) is 76.6 cm³/mol. The van der Waals surface area contributed by atoms with E-state index in [2.05, 4.69) is 20.8 Å². The highest BCUT2D eigenvalue weighted by molar-refractivity contribution is 5.69. The number of nitrogens with two attached hydrogens (primary N) is 1. The zero-order valence-electron chi connectivity index (χ0n) is 13.1. The number of rotatable bonds is 4. The molecule has 3 heteroatoms. The lowest BCUT2D eigenvalue weighted by molar-refractivity contribution is -0.157. The second-order valence-electron chi connectivity index (χ2n) is 8.08. The van der Waals surface area contributed by atoms with Crippen LogP contribution in [0.25, 0.3) is 0 Å². The van der Waals surface area contributed by atoms with E-state index in [4.69, 9.17) is 10.5 Å². The molecule has 110 valence electrons. The summed E-state index contributed by atoms with van der Waals surface area (Å²) in [6.07, 6.45) is 4.73. The fourth-order valence-corrected chi connectivity index (χ4v) is 3.95. The molecule has 2 aliphatic rings. The number of fused-ring (bicyclic) bond motifs is 2. The molecule has 0 aliphatic heterocycles. The Morgan fingerprint density at radius 2 is 2.00 bits per heavy atom. The second kappa shape index (κ2) is 4.47. The summed E-state index contributed by atoms with van der Waals surface area (Å²) in [5.74, 6) is 0.634. The van der Waals surface area contributed by atoms with Crippen LogP contribution in [0.15, 0.2) is 0 Å². The monoisotopic (exact) mass is 267 g/mol. The first kappa shape index (κ1) is 14.8. The average Bonchev–Trinajstić information content (AvgIpc) is 2.58. The van der Waals surface area contributed by atoms with Crippen LogP contribution in [0.5, 0.6) is 0 Å². The quantitative estimate of drug-likeness (QED) is 0.795. The van der Waals surface area contributed by atoms with E-state index in [0.717, 1.165) is 6.42 Å². The van der Waals surface area contributed by atoms with Crippen LogP contribution >= 0.6 is 0 Å². The van der Waals surface area contributed by atoms with Crippen LogP contribution in [-0.4, -0.2) is 17.6 Å². The second-order valence-corrected chi connectivity index (χ2v) is 8.08. The van der Waals surface area contributed by atoms with Gasteiger partial charge in [-0.1, -0.05) is 20.8 Å². The molecule has 3 unspecified atom stereocenters. The van der Waals surface area contributed by atoms with Gasteiger partial charge in [-0.3, -0.25) is 4.79 Å². The largest absolute Gasteiger partial charge is 0.462 e. The van der Waals surface area contributed by atoms with E-state index in [-0.39, 0.29) is 23.0 Å². The van der Waals surface area contributed by atoms with Crippen LogP contribution in [-0.2, 0) is 9.53 Å². The fraction of sp³-hybridized carbons (Fsp3) is 0.938. The molecule has 2 saturated carbocycles. The van der Waals surface area contributed by atoms with E-state index >= 15 is 0 Å². The Labute approximate surface area is 117 Å². The molecule has 0 aromatic rings. The van der Waals surface area contributed by atoms with Crippen molar-refractivity contribution in [3.8, 4) is 0 Å². The Balaban J connectivity index is 1.93. The molecule has 0 radical (unpaired) electrons. The Hall–Kier alpha value is -0.570. The van der Waals surface area contributed by atoms with Gasteiger partial charge in [-0.15, -0.1) is 0 Å². The van der Waals surface area contributed by atoms with Crippen molar-refractivity contribution in [1.82, 2.24) is 0 Å². The minimum absolute atomic E-state index is 0.0758. The van der Waals surface area contributed by atoms with Crippen molar-refractivity contribution >= 4 is 5.97 Å². The normalized spacial score (nSPS) is 36.5. The molecule has 0 aromatic carbocycles. The molecule has 0 amide bonds. The summed E-state index contributed by atoms with van der Waals surface area (Å²) in [5.41, 5.74) is 6.07. The van der Waals surface area contributed by atoms with Crippen LogP contribution < -0.4 is 5.73 Å². The first-order valence-electron chi connectivity index (χ1n) is 7.55. The van der Waals surface area contributed by atoms with E-state index in [1.165, 1.54) is 12.8 Å². The van der Waals surface area contributed by atoms with Gasteiger partial charge in [0.1, 0.15) is 6.10 Å². The zero-order valence-corrected chi connectivity index (χ0v) is 13.1. The van der Waals surface area contributed by atoms with Crippen molar-refractivity contribution in [1.29, 1.82) is 0 Å².